The lowest BCUT2D eigenvalue weighted by Crippen LogP contribution is -2.40. The molecule has 8 heteroatoms. The Bertz CT molecular complexity index is 1170. The molecule has 1 N–H and O–H groups in total. The highest BCUT2D eigenvalue weighted by Gasteiger charge is 2.30. The van der Waals surface area contributed by atoms with Crippen LogP contribution in [0.25, 0.3) is 16.9 Å². The van der Waals surface area contributed by atoms with Gasteiger partial charge in [-0.25, -0.2) is 13.4 Å². The Balaban J connectivity index is 1.59. The van der Waals surface area contributed by atoms with Gasteiger partial charge in [-0.15, -0.1) is 0 Å². The molecule has 1 aliphatic heterocycles. The third-order valence-corrected chi connectivity index (χ3v) is 8.16. The molecule has 1 aromatic heterocycles. The SMILES string of the molecule is Cc1ccc(-c2cnc(S[C@@H](C)C(=O)N[C@@H]3CCS(=O)(=O)C3)n2-c2ccccc2)cc1. The zero-order chi connectivity index (χ0) is 22.0. The highest BCUT2D eigenvalue weighted by molar-refractivity contribution is 8.00. The number of benzene rings is 2. The third-order valence-electron chi connectivity index (χ3n) is 5.32. The van der Waals surface area contributed by atoms with Gasteiger partial charge < -0.3 is 5.32 Å². The zero-order valence-corrected chi connectivity index (χ0v) is 19.1. The number of thioether (sulfide) groups is 1. The van der Waals surface area contributed by atoms with Crippen molar-refractivity contribution < 1.29 is 13.2 Å². The van der Waals surface area contributed by atoms with E-state index in [0.717, 1.165) is 16.9 Å². The van der Waals surface area contributed by atoms with Crippen molar-refractivity contribution in [2.45, 2.75) is 36.7 Å². The summed E-state index contributed by atoms with van der Waals surface area (Å²) in [5.41, 5.74) is 4.14. The predicted octanol–water partition coefficient (Wildman–Crippen LogP) is 3.63. The van der Waals surface area contributed by atoms with Crippen LogP contribution in [-0.2, 0) is 14.6 Å². The maximum absolute atomic E-state index is 12.7. The number of nitrogens with one attached hydrogen (secondary N) is 1. The number of para-hydroxylation sites is 1. The van der Waals surface area contributed by atoms with Gasteiger partial charge in [0.15, 0.2) is 15.0 Å². The summed E-state index contributed by atoms with van der Waals surface area (Å²) in [6, 6.07) is 17.9. The summed E-state index contributed by atoms with van der Waals surface area (Å²) >= 11 is 1.37. The van der Waals surface area contributed by atoms with Gasteiger partial charge in [-0.1, -0.05) is 59.8 Å². The Morgan fingerprint density at radius 3 is 2.52 bits per heavy atom. The molecule has 31 heavy (non-hydrogen) atoms. The molecule has 0 aliphatic carbocycles. The normalized spacial score (nSPS) is 18.6. The minimum atomic E-state index is -3.04. The van der Waals surface area contributed by atoms with Gasteiger partial charge >= 0.3 is 0 Å². The van der Waals surface area contributed by atoms with E-state index in [1.807, 2.05) is 43.5 Å². The molecular weight excluding hydrogens is 430 g/mol. The summed E-state index contributed by atoms with van der Waals surface area (Å²) in [6.45, 7) is 3.87. The van der Waals surface area contributed by atoms with Crippen molar-refractivity contribution in [3.63, 3.8) is 0 Å². The van der Waals surface area contributed by atoms with E-state index in [2.05, 4.69) is 46.1 Å². The minimum absolute atomic E-state index is 0.0202. The van der Waals surface area contributed by atoms with Crippen LogP contribution in [0.15, 0.2) is 66.0 Å². The summed E-state index contributed by atoms with van der Waals surface area (Å²) in [7, 11) is -3.04. The van der Waals surface area contributed by atoms with E-state index in [1.165, 1.54) is 17.3 Å². The molecule has 1 aliphatic rings. The second-order valence-corrected chi connectivity index (χ2v) is 11.4. The fourth-order valence-electron chi connectivity index (χ4n) is 3.61. The standard InChI is InChI=1S/C23H25N3O3S2/c1-16-8-10-18(11-9-16)21-14-24-23(26(21)20-6-4-3-5-7-20)30-17(2)22(27)25-19-12-13-31(28,29)15-19/h3-11,14,17,19H,12-13,15H2,1-2H3,(H,25,27)/t17-,19+/m0/s1. The van der Waals surface area contributed by atoms with Crippen molar-refractivity contribution in [3.05, 3.63) is 66.4 Å². The monoisotopic (exact) mass is 455 g/mol. The molecule has 2 aromatic carbocycles. The van der Waals surface area contributed by atoms with Crippen LogP contribution in [0.4, 0.5) is 0 Å². The highest BCUT2D eigenvalue weighted by Crippen LogP contribution is 2.32. The first kappa shape index (κ1) is 21.6. The first-order valence-electron chi connectivity index (χ1n) is 10.2. The van der Waals surface area contributed by atoms with Gasteiger partial charge in [0.05, 0.1) is 28.6 Å². The maximum Gasteiger partial charge on any atom is 0.233 e. The fourth-order valence-corrected chi connectivity index (χ4v) is 6.20. The molecule has 0 radical (unpaired) electrons. The van der Waals surface area contributed by atoms with Crippen LogP contribution in [0.5, 0.6) is 0 Å². The predicted molar refractivity (Wildman–Crippen MR) is 124 cm³/mol. The topological polar surface area (TPSA) is 81.1 Å². The number of hydrogen-bond acceptors (Lipinski definition) is 5. The number of amides is 1. The number of carbonyl (C=O) groups excluding carboxylic acids is 1. The average Bonchev–Trinajstić information content (AvgIpc) is 3.31. The van der Waals surface area contributed by atoms with E-state index >= 15 is 0 Å². The van der Waals surface area contributed by atoms with Crippen molar-refractivity contribution in [1.82, 2.24) is 14.9 Å². The van der Waals surface area contributed by atoms with Gasteiger partial charge in [0.2, 0.25) is 5.91 Å². The molecule has 2 heterocycles. The number of aryl methyl sites for hydroxylation is 1. The molecule has 1 amide bonds. The Hall–Kier alpha value is -2.58. The fraction of sp³-hybridized carbons (Fsp3) is 0.304. The number of aromatic nitrogens is 2. The van der Waals surface area contributed by atoms with Crippen molar-refractivity contribution in [1.29, 1.82) is 0 Å². The lowest BCUT2D eigenvalue weighted by molar-refractivity contribution is -0.120. The molecule has 0 saturated carbocycles. The van der Waals surface area contributed by atoms with Crippen LogP contribution in [0.2, 0.25) is 0 Å². The van der Waals surface area contributed by atoms with E-state index in [-0.39, 0.29) is 23.5 Å². The molecule has 3 aromatic rings. The van der Waals surface area contributed by atoms with Crippen LogP contribution in [0, 0.1) is 6.92 Å². The van der Waals surface area contributed by atoms with Crippen LogP contribution in [0.3, 0.4) is 0 Å². The number of carbonyl (C=O) groups is 1. The smallest absolute Gasteiger partial charge is 0.233 e. The van der Waals surface area contributed by atoms with E-state index in [0.29, 0.717) is 11.6 Å². The van der Waals surface area contributed by atoms with Crippen molar-refractivity contribution in [3.8, 4) is 16.9 Å². The van der Waals surface area contributed by atoms with Crippen molar-refractivity contribution >= 4 is 27.5 Å². The first-order chi connectivity index (χ1) is 14.8. The van der Waals surface area contributed by atoms with Crippen LogP contribution in [-0.4, -0.2) is 46.7 Å². The molecular formula is C23H25N3O3S2. The Morgan fingerprint density at radius 1 is 1.16 bits per heavy atom. The number of sulfone groups is 1. The molecule has 162 valence electrons. The molecule has 1 fully saturated rings. The van der Waals surface area contributed by atoms with Crippen LogP contribution >= 0.6 is 11.8 Å². The molecule has 4 rings (SSSR count). The largest absolute Gasteiger partial charge is 0.351 e. The quantitative estimate of drug-likeness (QED) is 0.574. The number of hydrogen-bond donors (Lipinski definition) is 1. The summed E-state index contributed by atoms with van der Waals surface area (Å²) < 4.78 is 25.4. The van der Waals surface area contributed by atoms with Crippen LogP contribution < -0.4 is 5.32 Å². The maximum atomic E-state index is 12.7. The van der Waals surface area contributed by atoms with E-state index in [9.17, 15) is 13.2 Å². The average molecular weight is 456 g/mol. The highest BCUT2D eigenvalue weighted by atomic mass is 32.2. The molecule has 6 nitrogen and oxygen atoms in total. The second kappa shape index (κ2) is 8.88. The van der Waals surface area contributed by atoms with Crippen molar-refractivity contribution in [2.24, 2.45) is 0 Å². The van der Waals surface area contributed by atoms with Gasteiger partial charge in [0, 0.05) is 17.3 Å². The van der Waals surface area contributed by atoms with Gasteiger partial charge in [-0.3, -0.25) is 9.36 Å². The van der Waals surface area contributed by atoms with Gasteiger partial charge in [-0.2, -0.15) is 0 Å². The van der Waals surface area contributed by atoms with Gasteiger partial charge in [0.25, 0.3) is 0 Å². The second-order valence-electron chi connectivity index (χ2n) is 7.83. The number of nitrogens with zero attached hydrogens (tertiary/aromatic N) is 2. The number of rotatable bonds is 6. The molecule has 1 saturated heterocycles. The zero-order valence-electron chi connectivity index (χ0n) is 17.5. The molecule has 0 bridgehead atoms. The molecule has 2 atom stereocenters. The summed E-state index contributed by atoms with van der Waals surface area (Å²) in [5.74, 6) is -0.0176. The first-order valence-corrected chi connectivity index (χ1v) is 12.9. The molecule has 0 unspecified atom stereocenters. The van der Waals surface area contributed by atoms with Gasteiger partial charge in [-0.05, 0) is 32.4 Å². The minimum Gasteiger partial charge on any atom is -0.351 e. The van der Waals surface area contributed by atoms with E-state index in [4.69, 9.17) is 0 Å². The summed E-state index contributed by atoms with van der Waals surface area (Å²) in [4.78, 5) is 17.3. The lowest BCUT2D eigenvalue weighted by atomic mass is 10.1. The Labute approximate surface area is 187 Å². The van der Waals surface area contributed by atoms with Crippen molar-refractivity contribution in [2.75, 3.05) is 11.5 Å². The van der Waals surface area contributed by atoms with E-state index in [1.54, 1.807) is 0 Å². The summed E-state index contributed by atoms with van der Waals surface area (Å²) in [6.07, 6.45) is 2.30. The van der Waals surface area contributed by atoms with E-state index < -0.39 is 15.1 Å². The third kappa shape index (κ3) is 5.02. The lowest BCUT2D eigenvalue weighted by Gasteiger charge is -2.17. The molecule has 0 spiro atoms. The number of imidazole rings is 1. The Kier molecular flexibility index (Phi) is 6.20. The summed E-state index contributed by atoms with van der Waals surface area (Å²) in [5, 5.41) is 3.18. The van der Waals surface area contributed by atoms with Gasteiger partial charge in [0.1, 0.15) is 0 Å². The Morgan fingerprint density at radius 2 is 1.87 bits per heavy atom. The van der Waals surface area contributed by atoms with Crippen LogP contribution in [0.1, 0.15) is 18.9 Å².